The Morgan fingerprint density at radius 3 is 2.00 bits per heavy atom. The molecule has 0 aliphatic carbocycles. The lowest BCUT2D eigenvalue weighted by Crippen LogP contribution is -2.38. The van der Waals surface area contributed by atoms with E-state index in [1.54, 1.807) is 0 Å². The third-order valence-corrected chi connectivity index (χ3v) is 2.97. The van der Waals surface area contributed by atoms with Gasteiger partial charge in [-0.1, -0.05) is 6.92 Å². The summed E-state index contributed by atoms with van der Waals surface area (Å²) in [7, 11) is -9.93. The van der Waals surface area contributed by atoms with E-state index in [-0.39, 0.29) is 6.42 Å². The van der Waals surface area contributed by atoms with Gasteiger partial charge in [0.2, 0.25) is 0 Å². The lowest BCUT2D eigenvalue weighted by molar-refractivity contribution is 0.0188. The van der Waals surface area contributed by atoms with Crippen LogP contribution >= 0.6 is 0 Å². The van der Waals surface area contributed by atoms with Gasteiger partial charge in [-0.05, 0) is 6.42 Å². The van der Waals surface area contributed by atoms with Gasteiger partial charge >= 0.3 is 20.8 Å². The monoisotopic (exact) mass is 343 g/mol. The van der Waals surface area contributed by atoms with Crippen LogP contribution in [-0.2, 0) is 44.7 Å². The first-order valence-electron chi connectivity index (χ1n) is 4.48. The first-order chi connectivity index (χ1) is 8.44. The predicted molar refractivity (Wildman–Crippen MR) is 58.0 cm³/mol. The van der Waals surface area contributed by atoms with E-state index in [4.69, 9.17) is 9.11 Å². The minimum atomic E-state index is -5.02. The normalized spacial score (nSPS) is 17.9. The van der Waals surface area contributed by atoms with E-state index in [2.05, 4.69) is 12.5 Å². The zero-order valence-corrected chi connectivity index (χ0v) is 11.8. The van der Waals surface area contributed by atoms with E-state index in [0.29, 0.717) is 0 Å². The summed E-state index contributed by atoms with van der Waals surface area (Å²) in [6.07, 6.45) is -3.38. The summed E-state index contributed by atoms with van der Waals surface area (Å²) in [6, 6.07) is 0. The molecule has 0 amide bonds. The molecule has 2 N–H and O–H groups in total. The average Bonchev–Trinajstić information content (AvgIpc) is 2.17. The summed E-state index contributed by atoms with van der Waals surface area (Å²) in [5.41, 5.74) is 0. The first kappa shape index (κ1) is 18.8. The van der Waals surface area contributed by atoms with Crippen LogP contribution in [0.1, 0.15) is 13.3 Å². The van der Waals surface area contributed by atoms with Crippen molar-refractivity contribution in [1.82, 2.24) is 0 Å². The van der Waals surface area contributed by atoms with Gasteiger partial charge in [-0.15, -0.1) is 0 Å². The van der Waals surface area contributed by atoms with Crippen LogP contribution in [0.5, 0.6) is 0 Å². The molecule has 14 heteroatoms. The molecule has 0 aromatic heterocycles. The van der Waals surface area contributed by atoms with Gasteiger partial charge in [0, 0.05) is 0 Å². The molecule has 116 valence electrons. The zero-order valence-electron chi connectivity index (χ0n) is 9.36. The number of hydrogen-bond donors (Lipinski definition) is 2. The van der Waals surface area contributed by atoms with Crippen LogP contribution in [0.3, 0.4) is 0 Å². The van der Waals surface area contributed by atoms with Gasteiger partial charge in [-0.25, -0.2) is 12.6 Å². The molecule has 19 heavy (non-hydrogen) atoms. The second kappa shape index (κ2) is 7.55. The predicted octanol–water partition coefficient (Wildman–Crippen LogP) is -1.42. The molecule has 0 bridgehead atoms. The van der Waals surface area contributed by atoms with Gasteiger partial charge in [-0.2, -0.15) is 16.8 Å². The Kier molecular flexibility index (Phi) is 7.48. The lowest BCUT2D eigenvalue weighted by atomic mass is 10.2. The Hall–Kier alpha value is -0.190. The molecule has 0 saturated heterocycles. The highest BCUT2D eigenvalue weighted by Gasteiger charge is 2.29. The summed E-state index contributed by atoms with van der Waals surface area (Å²) in [4.78, 5) is 0. The molecule has 11 nitrogen and oxygen atoms in total. The van der Waals surface area contributed by atoms with Gasteiger partial charge < -0.3 is 4.55 Å². The highest BCUT2D eigenvalue weighted by atomic mass is 32.3. The highest BCUT2D eigenvalue weighted by molar-refractivity contribution is 7.81. The Bertz CT molecular complexity index is 492. The SMILES string of the molecule is CCC(OS(=O)[O-])C(COS(=O)(=O)O)OS(=O)(=O)O. The maximum atomic E-state index is 10.5. The van der Waals surface area contributed by atoms with E-state index < -0.39 is 51.0 Å². The molecule has 0 aliphatic rings. The first-order valence-corrected chi connectivity index (χ1v) is 8.21. The fraction of sp³-hybridized carbons (Fsp3) is 1.00. The molecule has 0 rings (SSSR count). The van der Waals surface area contributed by atoms with Gasteiger partial charge in [0.15, 0.2) is 0 Å². The highest BCUT2D eigenvalue weighted by Crippen LogP contribution is 2.13. The molecule has 3 atom stereocenters. The third kappa shape index (κ3) is 10.3. The van der Waals surface area contributed by atoms with E-state index in [0.717, 1.165) is 0 Å². The molecular weight excluding hydrogens is 332 g/mol. The van der Waals surface area contributed by atoms with Crippen LogP contribution < -0.4 is 0 Å². The number of rotatable bonds is 9. The summed E-state index contributed by atoms with van der Waals surface area (Å²) in [5, 5.41) is 0. The fourth-order valence-electron chi connectivity index (χ4n) is 1.00. The molecule has 0 radical (unpaired) electrons. The van der Waals surface area contributed by atoms with Crippen molar-refractivity contribution in [2.45, 2.75) is 25.6 Å². The van der Waals surface area contributed by atoms with Crippen LogP contribution in [0.4, 0.5) is 0 Å². The van der Waals surface area contributed by atoms with Crippen LogP contribution in [0.15, 0.2) is 0 Å². The molecule has 3 unspecified atom stereocenters. The van der Waals surface area contributed by atoms with Crippen molar-refractivity contribution in [3.05, 3.63) is 0 Å². The molecular formula is C5H11O11S3-. The summed E-state index contributed by atoms with van der Waals surface area (Å²) in [6.45, 7) is 0.277. The van der Waals surface area contributed by atoms with Crippen LogP contribution in [-0.4, -0.2) is 53.5 Å². The van der Waals surface area contributed by atoms with Gasteiger partial charge in [-0.3, -0.25) is 13.3 Å². The minimum Gasteiger partial charge on any atom is -0.750 e. The Morgan fingerprint density at radius 2 is 1.68 bits per heavy atom. The van der Waals surface area contributed by atoms with Gasteiger partial charge in [0.05, 0.1) is 18.0 Å². The molecule has 0 aliphatic heterocycles. The van der Waals surface area contributed by atoms with Crippen LogP contribution in [0, 0.1) is 0 Å². The van der Waals surface area contributed by atoms with Gasteiger partial charge in [0.25, 0.3) is 0 Å². The minimum absolute atomic E-state index is 0.122. The lowest BCUT2D eigenvalue weighted by Gasteiger charge is -2.24. The molecule has 0 saturated carbocycles. The maximum Gasteiger partial charge on any atom is 0.397 e. The zero-order chi connectivity index (χ0) is 15.3. The van der Waals surface area contributed by atoms with Crippen molar-refractivity contribution < 1.29 is 47.3 Å². The summed E-state index contributed by atoms with van der Waals surface area (Å²) < 4.78 is 91.3. The average molecular weight is 343 g/mol. The molecule has 0 heterocycles. The van der Waals surface area contributed by atoms with Crippen molar-refractivity contribution in [2.75, 3.05) is 6.61 Å². The van der Waals surface area contributed by atoms with E-state index in [9.17, 15) is 25.6 Å². The summed E-state index contributed by atoms with van der Waals surface area (Å²) in [5.74, 6) is 0. The standard InChI is InChI=1S/C5H12O11S3/c1-2-4(15-17(6)7)5(16-19(11,12)13)3-14-18(8,9)10/h4-5H,2-3H2,1H3,(H,6,7)(H,8,9,10)(H,11,12,13)/p-1. The smallest absolute Gasteiger partial charge is 0.397 e. The fourth-order valence-corrected chi connectivity index (χ4v) is 2.26. The molecule has 0 aromatic rings. The molecule has 0 aromatic carbocycles. The number of hydrogen-bond acceptors (Lipinski definition) is 9. The van der Waals surface area contributed by atoms with Crippen molar-refractivity contribution >= 4 is 32.2 Å². The van der Waals surface area contributed by atoms with E-state index >= 15 is 0 Å². The van der Waals surface area contributed by atoms with Crippen molar-refractivity contribution in [3.63, 3.8) is 0 Å². The molecule has 0 spiro atoms. The Morgan fingerprint density at radius 1 is 1.16 bits per heavy atom. The van der Waals surface area contributed by atoms with E-state index in [1.807, 2.05) is 0 Å². The van der Waals surface area contributed by atoms with Crippen molar-refractivity contribution in [3.8, 4) is 0 Å². The largest absolute Gasteiger partial charge is 0.750 e. The van der Waals surface area contributed by atoms with Crippen LogP contribution in [0.25, 0.3) is 0 Å². The van der Waals surface area contributed by atoms with Crippen LogP contribution in [0.2, 0.25) is 0 Å². The third-order valence-electron chi connectivity index (χ3n) is 1.65. The Balaban J connectivity index is 4.96. The second-order valence-corrected chi connectivity index (χ2v) is 5.76. The van der Waals surface area contributed by atoms with Crippen molar-refractivity contribution in [2.24, 2.45) is 0 Å². The molecule has 0 fully saturated rings. The quantitative estimate of drug-likeness (QED) is 0.371. The Labute approximate surface area is 112 Å². The second-order valence-electron chi connectivity index (χ2n) is 3.02. The van der Waals surface area contributed by atoms with Gasteiger partial charge in [0.1, 0.15) is 12.2 Å². The topological polar surface area (TPSA) is 177 Å². The summed E-state index contributed by atoms with van der Waals surface area (Å²) >= 11 is -3.04. The van der Waals surface area contributed by atoms with E-state index in [1.165, 1.54) is 6.92 Å². The maximum absolute atomic E-state index is 10.5. The van der Waals surface area contributed by atoms with Crippen molar-refractivity contribution in [1.29, 1.82) is 0 Å².